The van der Waals surface area contributed by atoms with Gasteiger partial charge in [-0.3, -0.25) is 14.4 Å². The summed E-state index contributed by atoms with van der Waals surface area (Å²) in [6, 6.07) is 13.4. The lowest BCUT2D eigenvalue weighted by Gasteiger charge is -2.10. The first-order valence-corrected chi connectivity index (χ1v) is 7.25. The second-order valence-corrected chi connectivity index (χ2v) is 5.11. The molecule has 5 N–H and O–H groups in total. The van der Waals surface area contributed by atoms with E-state index in [0.717, 1.165) is 0 Å². The van der Waals surface area contributed by atoms with E-state index < -0.39 is 5.91 Å². The van der Waals surface area contributed by atoms with Crippen LogP contribution in [0.1, 0.15) is 17.3 Å². The number of carbonyl (C=O) groups is 3. The zero-order chi connectivity index (χ0) is 17.5. The third-order valence-corrected chi connectivity index (χ3v) is 3.07. The van der Waals surface area contributed by atoms with Crippen LogP contribution in [-0.4, -0.2) is 24.3 Å². The number of rotatable bonds is 6. The number of benzene rings is 2. The molecular formula is C17H18N4O3. The van der Waals surface area contributed by atoms with Gasteiger partial charge in [0.15, 0.2) is 0 Å². The van der Waals surface area contributed by atoms with Crippen LogP contribution in [0.3, 0.4) is 0 Å². The maximum absolute atomic E-state index is 12.0. The van der Waals surface area contributed by atoms with Gasteiger partial charge in [0.25, 0.3) is 0 Å². The van der Waals surface area contributed by atoms with E-state index in [2.05, 4.69) is 16.0 Å². The van der Waals surface area contributed by atoms with Crippen LogP contribution < -0.4 is 21.7 Å². The summed E-state index contributed by atoms with van der Waals surface area (Å²) in [7, 11) is 0. The minimum absolute atomic E-state index is 0.0204. The third-order valence-electron chi connectivity index (χ3n) is 3.07. The van der Waals surface area contributed by atoms with Gasteiger partial charge < -0.3 is 21.7 Å². The van der Waals surface area contributed by atoms with Gasteiger partial charge in [-0.25, -0.2) is 0 Å². The molecule has 0 spiro atoms. The number of anilines is 3. The van der Waals surface area contributed by atoms with Gasteiger partial charge in [0.05, 0.1) is 6.54 Å². The van der Waals surface area contributed by atoms with Gasteiger partial charge in [0.2, 0.25) is 17.7 Å². The number of primary amides is 1. The van der Waals surface area contributed by atoms with E-state index in [9.17, 15) is 14.4 Å². The molecule has 0 fully saturated rings. The molecule has 0 aliphatic heterocycles. The highest BCUT2D eigenvalue weighted by Gasteiger charge is 2.05. The molecule has 2 rings (SSSR count). The van der Waals surface area contributed by atoms with Gasteiger partial charge in [-0.2, -0.15) is 0 Å². The number of amides is 3. The minimum Gasteiger partial charge on any atom is -0.376 e. The maximum atomic E-state index is 12.0. The lowest BCUT2D eigenvalue weighted by molar-refractivity contribution is -0.115. The van der Waals surface area contributed by atoms with Gasteiger partial charge in [-0.05, 0) is 36.4 Å². The van der Waals surface area contributed by atoms with Crippen molar-refractivity contribution in [2.75, 3.05) is 22.5 Å². The predicted octanol–water partition coefficient (Wildman–Crippen LogP) is 1.79. The van der Waals surface area contributed by atoms with E-state index in [-0.39, 0.29) is 18.4 Å². The Balaban J connectivity index is 1.93. The van der Waals surface area contributed by atoms with Crippen molar-refractivity contribution in [3.63, 3.8) is 0 Å². The van der Waals surface area contributed by atoms with Crippen molar-refractivity contribution in [3.05, 3.63) is 54.1 Å². The highest BCUT2D eigenvalue weighted by Crippen LogP contribution is 2.15. The van der Waals surface area contributed by atoms with Crippen molar-refractivity contribution in [2.24, 2.45) is 5.73 Å². The molecule has 7 heteroatoms. The van der Waals surface area contributed by atoms with Crippen LogP contribution in [0.25, 0.3) is 0 Å². The van der Waals surface area contributed by atoms with Crippen molar-refractivity contribution < 1.29 is 14.4 Å². The fourth-order valence-electron chi connectivity index (χ4n) is 2.05. The Labute approximate surface area is 139 Å². The van der Waals surface area contributed by atoms with Crippen LogP contribution in [0.2, 0.25) is 0 Å². The van der Waals surface area contributed by atoms with Crippen LogP contribution in [-0.2, 0) is 9.59 Å². The lowest BCUT2D eigenvalue weighted by atomic mass is 10.2. The summed E-state index contributed by atoms with van der Waals surface area (Å²) in [4.78, 5) is 34.2. The largest absolute Gasteiger partial charge is 0.376 e. The second kappa shape index (κ2) is 7.77. The molecule has 0 saturated carbocycles. The van der Waals surface area contributed by atoms with Gasteiger partial charge in [-0.1, -0.05) is 12.1 Å². The SMILES string of the molecule is CC(=O)Nc1cccc(NC(=O)CNc2cccc(C(N)=O)c2)c1. The first-order valence-electron chi connectivity index (χ1n) is 7.25. The standard InChI is InChI=1S/C17H18N4O3/c1-11(22)20-14-6-3-7-15(9-14)21-16(23)10-19-13-5-2-4-12(8-13)17(18)24/h2-9,19H,10H2,1H3,(H2,18,24)(H,20,22)(H,21,23). The quantitative estimate of drug-likeness (QED) is 0.648. The van der Waals surface area contributed by atoms with E-state index >= 15 is 0 Å². The molecule has 124 valence electrons. The van der Waals surface area contributed by atoms with Crippen LogP contribution in [0.5, 0.6) is 0 Å². The molecule has 3 amide bonds. The molecule has 0 unspecified atom stereocenters. The average Bonchev–Trinajstić information content (AvgIpc) is 2.53. The van der Waals surface area contributed by atoms with Crippen LogP contribution in [0.15, 0.2) is 48.5 Å². The van der Waals surface area contributed by atoms with Crippen molar-refractivity contribution in [2.45, 2.75) is 6.92 Å². The summed E-state index contributed by atoms with van der Waals surface area (Å²) >= 11 is 0. The minimum atomic E-state index is -0.530. The monoisotopic (exact) mass is 326 g/mol. The smallest absolute Gasteiger partial charge is 0.248 e. The van der Waals surface area contributed by atoms with Crippen molar-refractivity contribution in [1.29, 1.82) is 0 Å². The Morgan fingerprint density at radius 1 is 0.917 bits per heavy atom. The summed E-state index contributed by atoms with van der Waals surface area (Å²) in [5.74, 6) is -0.980. The van der Waals surface area contributed by atoms with Gasteiger partial charge in [0, 0.05) is 29.5 Å². The van der Waals surface area contributed by atoms with Gasteiger partial charge >= 0.3 is 0 Å². The van der Waals surface area contributed by atoms with E-state index in [1.165, 1.54) is 6.92 Å². The third kappa shape index (κ3) is 5.13. The molecule has 0 bridgehead atoms. The second-order valence-electron chi connectivity index (χ2n) is 5.11. The molecule has 7 nitrogen and oxygen atoms in total. The topological polar surface area (TPSA) is 113 Å². The Morgan fingerprint density at radius 3 is 2.21 bits per heavy atom. The highest BCUT2D eigenvalue weighted by atomic mass is 16.2. The molecule has 0 aliphatic rings. The molecule has 2 aromatic rings. The highest BCUT2D eigenvalue weighted by molar-refractivity contribution is 5.96. The van der Waals surface area contributed by atoms with Crippen LogP contribution in [0, 0.1) is 0 Å². The molecule has 24 heavy (non-hydrogen) atoms. The summed E-state index contributed by atoms with van der Waals surface area (Å²) in [6.45, 7) is 1.43. The molecule has 0 aliphatic carbocycles. The van der Waals surface area contributed by atoms with E-state index in [0.29, 0.717) is 22.6 Å². The Hall–Kier alpha value is -3.35. The fourth-order valence-corrected chi connectivity index (χ4v) is 2.05. The molecular weight excluding hydrogens is 308 g/mol. The van der Waals surface area contributed by atoms with Gasteiger partial charge in [-0.15, -0.1) is 0 Å². The van der Waals surface area contributed by atoms with Gasteiger partial charge in [0.1, 0.15) is 0 Å². The van der Waals surface area contributed by atoms with Crippen LogP contribution in [0.4, 0.5) is 17.1 Å². The zero-order valence-electron chi connectivity index (χ0n) is 13.1. The summed E-state index contributed by atoms with van der Waals surface area (Å²) in [5, 5.41) is 8.28. The van der Waals surface area contributed by atoms with Crippen molar-refractivity contribution in [3.8, 4) is 0 Å². The molecule has 0 aromatic heterocycles. The number of carbonyl (C=O) groups excluding carboxylic acids is 3. The number of hydrogen-bond donors (Lipinski definition) is 4. The Morgan fingerprint density at radius 2 is 1.54 bits per heavy atom. The molecule has 0 heterocycles. The van der Waals surface area contributed by atoms with Crippen molar-refractivity contribution in [1.82, 2.24) is 0 Å². The van der Waals surface area contributed by atoms with Crippen LogP contribution >= 0.6 is 0 Å². The normalized spacial score (nSPS) is 9.88. The first-order chi connectivity index (χ1) is 11.4. The van der Waals surface area contributed by atoms with E-state index in [1.807, 2.05) is 0 Å². The fraction of sp³-hybridized carbons (Fsp3) is 0.118. The number of hydrogen-bond acceptors (Lipinski definition) is 4. The van der Waals surface area contributed by atoms with E-state index in [4.69, 9.17) is 5.73 Å². The average molecular weight is 326 g/mol. The first kappa shape index (κ1) is 17.0. The molecule has 2 aromatic carbocycles. The molecule has 0 atom stereocenters. The number of nitrogens with one attached hydrogen (secondary N) is 3. The van der Waals surface area contributed by atoms with Crippen molar-refractivity contribution >= 4 is 34.8 Å². The Bertz CT molecular complexity index is 774. The lowest BCUT2D eigenvalue weighted by Crippen LogP contribution is -2.22. The summed E-state index contributed by atoms with van der Waals surface area (Å²) in [6.07, 6.45) is 0. The van der Waals surface area contributed by atoms with E-state index in [1.54, 1.807) is 48.5 Å². The Kier molecular flexibility index (Phi) is 5.51. The summed E-state index contributed by atoms with van der Waals surface area (Å²) in [5.41, 5.74) is 7.36. The predicted molar refractivity (Wildman–Crippen MR) is 92.8 cm³/mol. The zero-order valence-corrected chi connectivity index (χ0v) is 13.1. The maximum Gasteiger partial charge on any atom is 0.248 e. The molecule has 0 saturated heterocycles. The molecule has 0 radical (unpaired) electrons. The summed E-state index contributed by atoms with van der Waals surface area (Å²) < 4.78 is 0. The number of nitrogens with two attached hydrogens (primary N) is 1.